The van der Waals surface area contributed by atoms with E-state index in [9.17, 15) is 26.4 Å². The summed E-state index contributed by atoms with van der Waals surface area (Å²) in [7, 11) is -4.12. The van der Waals surface area contributed by atoms with Crippen molar-refractivity contribution in [3.8, 4) is 0 Å². The van der Waals surface area contributed by atoms with Crippen LogP contribution in [0.4, 0.5) is 13.2 Å². The van der Waals surface area contributed by atoms with Crippen LogP contribution >= 0.6 is 0 Å². The Morgan fingerprint density at radius 3 is 2.38 bits per heavy atom. The summed E-state index contributed by atoms with van der Waals surface area (Å²) in [6.07, 6.45) is 0.969. The van der Waals surface area contributed by atoms with Gasteiger partial charge in [-0.05, 0) is 24.6 Å². The molecule has 0 heterocycles. The number of alkyl halides is 3. The molecule has 0 atom stereocenters. The standard InChI is InChI=1S/C10H9F3N2O3S.C5H12N2/c11-10(12,13)8-2-1-3-9(6-8)19(17,18)15-5-4-14-7-16;1-2-3-5(7)4-6/h1-7,15H,(H,14,16);4H,2-3,6-7H2,1H3/b2*5-4-. The van der Waals surface area contributed by atoms with Gasteiger partial charge in [-0.25, -0.2) is 8.42 Å². The first-order valence-electron chi connectivity index (χ1n) is 7.29. The number of carbonyl (C=O) groups is 1. The van der Waals surface area contributed by atoms with Crippen molar-refractivity contribution >= 4 is 16.4 Å². The average molecular weight is 394 g/mol. The van der Waals surface area contributed by atoms with E-state index < -0.39 is 26.7 Å². The maximum absolute atomic E-state index is 12.4. The van der Waals surface area contributed by atoms with Crippen LogP contribution in [0.5, 0.6) is 0 Å². The predicted molar refractivity (Wildman–Crippen MR) is 91.5 cm³/mol. The zero-order valence-electron chi connectivity index (χ0n) is 14.0. The van der Waals surface area contributed by atoms with Gasteiger partial charge in [0.1, 0.15) is 0 Å². The minimum Gasteiger partial charge on any atom is -0.403 e. The van der Waals surface area contributed by atoms with Crippen LogP contribution in [-0.2, 0) is 21.0 Å². The predicted octanol–water partition coefficient (Wildman–Crippen LogP) is 1.75. The van der Waals surface area contributed by atoms with Crippen molar-refractivity contribution in [3.05, 3.63) is 54.1 Å². The second kappa shape index (κ2) is 11.0. The van der Waals surface area contributed by atoms with E-state index in [0.29, 0.717) is 12.5 Å². The normalized spacial score (nSPS) is 12.2. The summed E-state index contributed by atoms with van der Waals surface area (Å²) in [6, 6.07) is 3.30. The molecule has 0 saturated carbocycles. The van der Waals surface area contributed by atoms with Crippen LogP contribution in [0.3, 0.4) is 0 Å². The van der Waals surface area contributed by atoms with Crippen LogP contribution in [0.25, 0.3) is 0 Å². The van der Waals surface area contributed by atoms with Crippen LogP contribution in [0.1, 0.15) is 25.3 Å². The van der Waals surface area contributed by atoms with Gasteiger partial charge in [0.05, 0.1) is 10.5 Å². The van der Waals surface area contributed by atoms with Crippen molar-refractivity contribution in [2.24, 2.45) is 11.5 Å². The van der Waals surface area contributed by atoms with Crippen LogP contribution in [0.15, 0.2) is 53.5 Å². The number of rotatable bonds is 7. The first-order chi connectivity index (χ1) is 12.1. The van der Waals surface area contributed by atoms with Crippen LogP contribution in [0.2, 0.25) is 0 Å². The maximum Gasteiger partial charge on any atom is 0.416 e. The third-order valence-electron chi connectivity index (χ3n) is 2.70. The Morgan fingerprint density at radius 1 is 1.27 bits per heavy atom. The van der Waals surface area contributed by atoms with E-state index in [4.69, 9.17) is 11.5 Å². The molecule has 6 N–H and O–H groups in total. The zero-order chi connectivity index (χ0) is 20.2. The summed E-state index contributed by atoms with van der Waals surface area (Å²) >= 11 is 0. The van der Waals surface area contributed by atoms with E-state index >= 15 is 0 Å². The van der Waals surface area contributed by atoms with Crippen LogP contribution in [-0.4, -0.2) is 14.8 Å². The summed E-state index contributed by atoms with van der Waals surface area (Å²) in [4.78, 5) is 9.36. The fourth-order valence-corrected chi connectivity index (χ4v) is 2.41. The molecule has 0 saturated heterocycles. The SMILES string of the molecule is CCC/C(N)=C/N.O=CN/C=C\NS(=O)(=O)c1cccc(C(F)(F)F)c1. The second-order valence-electron chi connectivity index (χ2n) is 4.76. The summed E-state index contributed by atoms with van der Waals surface area (Å²) in [5, 5.41) is 2.04. The Morgan fingerprint density at radius 2 is 1.92 bits per heavy atom. The van der Waals surface area contributed by atoms with E-state index in [0.717, 1.165) is 49.1 Å². The lowest BCUT2D eigenvalue weighted by Gasteiger charge is -2.09. The molecule has 146 valence electrons. The highest BCUT2D eigenvalue weighted by Crippen LogP contribution is 2.30. The largest absolute Gasteiger partial charge is 0.416 e. The number of carbonyl (C=O) groups excluding carboxylic acids is 1. The van der Waals surface area contributed by atoms with Crippen molar-refractivity contribution in [1.29, 1.82) is 0 Å². The number of allylic oxidation sites excluding steroid dienone is 1. The van der Waals surface area contributed by atoms with E-state index in [1.165, 1.54) is 6.20 Å². The van der Waals surface area contributed by atoms with Crippen molar-refractivity contribution in [2.45, 2.75) is 30.8 Å². The second-order valence-corrected chi connectivity index (χ2v) is 6.47. The number of nitrogens with one attached hydrogen (secondary N) is 2. The fourth-order valence-electron chi connectivity index (χ4n) is 1.49. The quantitative estimate of drug-likeness (QED) is 0.524. The fraction of sp³-hybridized carbons (Fsp3) is 0.267. The Bertz CT molecular complexity index is 732. The molecule has 1 amide bonds. The molecule has 7 nitrogen and oxygen atoms in total. The van der Waals surface area contributed by atoms with E-state index in [2.05, 4.69) is 6.92 Å². The molecule has 1 aromatic rings. The Labute approximate surface area is 150 Å². The molecule has 0 bridgehead atoms. The molecule has 0 fully saturated rings. The minimum absolute atomic E-state index is 0.301. The molecule has 0 aliphatic heterocycles. The molecule has 11 heteroatoms. The Kier molecular flexibility index (Phi) is 9.89. The lowest BCUT2D eigenvalue weighted by molar-refractivity contribution is -0.137. The number of amides is 1. The molecule has 0 radical (unpaired) electrons. The van der Waals surface area contributed by atoms with Crippen LogP contribution < -0.4 is 21.5 Å². The Balaban J connectivity index is 0.000000758. The van der Waals surface area contributed by atoms with Gasteiger partial charge in [0.2, 0.25) is 6.41 Å². The van der Waals surface area contributed by atoms with Crippen molar-refractivity contribution in [3.63, 3.8) is 0 Å². The van der Waals surface area contributed by atoms with Gasteiger partial charge in [-0.2, -0.15) is 13.2 Å². The summed E-state index contributed by atoms with van der Waals surface area (Å²) in [5.74, 6) is 0. The van der Waals surface area contributed by atoms with Gasteiger partial charge in [0.25, 0.3) is 10.0 Å². The molecule has 1 rings (SSSR count). The monoisotopic (exact) mass is 394 g/mol. The van der Waals surface area contributed by atoms with Crippen molar-refractivity contribution in [1.82, 2.24) is 10.0 Å². The number of benzene rings is 1. The minimum atomic E-state index is -4.62. The molecule has 0 aliphatic rings. The van der Waals surface area contributed by atoms with E-state index in [1.54, 1.807) is 0 Å². The lowest BCUT2D eigenvalue weighted by atomic mass is 10.2. The Hall–Kier alpha value is -2.69. The smallest absolute Gasteiger partial charge is 0.403 e. The topological polar surface area (TPSA) is 127 Å². The first-order valence-corrected chi connectivity index (χ1v) is 8.77. The number of halogens is 3. The van der Waals surface area contributed by atoms with Gasteiger partial charge >= 0.3 is 6.18 Å². The average Bonchev–Trinajstić information content (AvgIpc) is 2.59. The molecule has 0 spiro atoms. The summed E-state index contributed by atoms with van der Waals surface area (Å²) < 4.78 is 62.4. The molecule has 0 unspecified atom stereocenters. The first kappa shape index (κ1) is 23.3. The number of hydrogen-bond acceptors (Lipinski definition) is 5. The highest BCUT2D eigenvalue weighted by molar-refractivity contribution is 7.89. The van der Waals surface area contributed by atoms with Gasteiger partial charge in [0.15, 0.2) is 0 Å². The van der Waals surface area contributed by atoms with Gasteiger partial charge in [0, 0.05) is 24.3 Å². The van der Waals surface area contributed by atoms with Gasteiger partial charge in [-0.3, -0.25) is 9.52 Å². The van der Waals surface area contributed by atoms with E-state index in [1.807, 2.05) is 10.0 Å². The number of nitrogens with two attached hydrogens (primary N) is 2. The highest BCUT2D eigenvalue weighted by Gasteiger charge is 2.31. The molecular weight excluding hydrogens is 373 g/mol. The zero-order valence-corrected chi connectivity index (χ0v) is 14.8. The number of hydrogen-bond donors (Lipinski definition) is 4. The molecule has 1 aromatic carbocycles. The third-order valence-corrected chi connectivity index (χ3v) is 4.02. The van der Waals surface area contributed by atoms with Gasteiger partial charge < -0.3 is 16.8 Å². The number of sulfonamides is 1. The molecule has 0 aliphatic carbocycles. The maximum atomic E-state index is 12.4. The summed E-state index contributed by atoms with van der Waals surface area (Å²) in [6.45, 7) is 2.07. The third kappa shape index (κ3) is 8.97. The molecule has 0 aromatic heterocycles. The van der Waals surface area contributed by atoms with E-state index in [-0.39, 0.29) is 0 Å². The molecular formula is C15H21F3N4O3S. The summed E-state index contributed by atoms with van der Waals surface area (Å²) in [5.41, 5.74) is 10.1. The highest BCUT2D eigenvalue weighted by atomic mass is 32.2. The van der Waals surface area contributed by atoms with Crippen LogP contribution in [0, 0.1) is 0 Å². The lowest BCUT2D eigenvalue weighted by Crippen LogP contribution is -2.19. The molecule has 26 heavy (non-hydrogen) atoms. The van der Waals surface area contributed by atoms with Gasteiger partial charge in [-0.15, -0.1) is 0 Å². The van der Waals surface area contributed by atoms with Gasteiger partial charge in [-0.1, -0.05) is 19.4 Å². The van der Waals surface area contributed by atoms with Crippen molar-refractivity contribution < 1.29 is 26.4 Å². The van der Waals surface area contributed by atoms with Crippen molar-refractivity contribution in [2.75, 3.05) is 0 Å².